The maximum absolute atomic E-state index is 12.9. The number of hydrogen-bond acceptors (Lipinski definition) is 4. The summed E-state index contributed by atoms with van der Waals surface area (Å²) in [5, 5.41) is 5.58. The molecule has 0 radical (unpaired) electrons. The van der Waals surface area contributed by atoms with Gasteiger partial charge in [0.25, 0.3) is 5.91 Å². The molecule has 2 aromatic heterocycles. The van der Waals surface area contributed by atoms with Crippen LogP contribution in [0.5, 0.6) is 0 Å². The first-order chi connectivity index (χ1) is 13.9. The molecule has 5 nitrogen and oxygen atoms in total. The van der Waals surface area contributed by atoms with Gasteiger partial charge in [-0.15, -0.1) is 0 Å². The Bertz CT molecular complexity index is 877. The molecule has 2 heterocycles. The average molecular weight is 504 g/mol. The molecule has 1 saturated carbocycles. The number of halogens is 6. The molecule has 1 aliphatic rings. The van der Waals surface area contributed by atoms with Crippen molar-refractivity contribution >= 4 is 38.6 Å². The van der Waals surface area contributed by atoms with Crippen molar-refractivity contribution in [2.45, 2.75) is 57.0 Å². The molecule has 3 rings (SSSR count). The summed E-state index contributed by atoms with van der Waals surface area (Å²) in [6.07, 6.45) is -6.61. The average Bonchev–Trinajstić information content (AvgIpc) is 3.08. The Morgan fingerprint density at radius 2 is 1.47 bits per heavy atom. The van der Waals surface area contributed by atoms with Crippen LogP contribution in [0.1, 0.15) is 53.2 Å². The fourth-order valence-electron chi connectivity index (χ4n) is 3.38. The second-order valence-electron chi connectivity index (χ2n) is 7.22. The number of nitrogens with one attached hydrogen (secondary N) is 2. The number of rotatable bonds is 4. The third-order valence-electron chi connectivity index (χ3n) is 4.91. The van der Waals surface area contributed by atoms with E-state index in [0.29, 0.717) is 43.4 Å². The number of nitrogens with zero attached hydrogens (tertiary/aromatic N) is 1. The molecule has 1 amide bonds. The van der Waals surface area contributed by atoms with E-state index < -0.39 is 23.7 Å². The molecule has 1 aliphatic carbocycles. The molecular weight excluding hydrogens is 480 g/mol. The van der Waals surface area contributed by atoms with Crippen LogP contribution in [0, 0.1) is 6.92 Å². The molecule has 0 unspecified atom stereocenters. The van der Waals surface area contributed by atoms with Crippen LogP contribution in [0.4, 0.5) is 32.0 Å². The summed E-state index contributed by atoms with van der Waals surface area (Å²) in [4.78, 5) is 14.9. The van der Waals surface area contributed by atoms with Crippen molar-refractivity contribution in [1.29, 1.82) is 0 Å². The number of aryl methyl sites for hydroxylation is 1. The summed E-state index contributed by atoms with van der Waals surface area (Å²) >= 11 is 0. The Labute approximate surface area is 194 Å². The van der Waals surface area contributed by atoms with E-state index in [2.05, 4.69) is 15.6 Å². The van der Waals surface area contributed by atoms with Gasteiger partial charge in [0.1, 0.15) is 11.4 Å². The lowest BCUT2D eigenvalue weighted by molar-refractivity contribution is -0.150. The minimum Gasteiger partial charge on any atom is -0.459 e. The van der Waals surface area contributed by atoms with Crippen LogP contribution in [0.25, 0.3) is 0 Å². The second kappa shape index (κ2) is 10.7. The summed E-state index contributed by atoms with van der Waals surface area (Å²) in [6.45, 7) is 1.73. The SMILES string of the molecule is Cc1ccoc1C(=O)NC1CCC(Nc2cc(C(F)(F)F)nc(C(F)(F)F)c2)CC1.S.S. The van der Waals surface area contributed by atoms with E-state index in [1.807, 2.05) is 0 Å². The van der Waals surface area contributed by atoms with Gasteiger partial charge < -0.3 is 15.1 Å². The maximum atomic E-state index is 12.9. The Morgan fingerprint density at radius 3 is 1.91 bits per heavy atom. The van der Waals surface area contributed by atoms with Crippen molar-refractivity contribution in [3.8, 4) is 0 Å². The molecule has 0 aliphatic heterocycles. The molecule has 0 atom stereocenters. The van der Waals surface area contributed by atoms with E-state index in [-0.39, 0.29) is 56.4 Å². The normalized spacial score (nSPS) is 18.8. The first-order valence-electron chi connectivity index (χ1n) is 9.21. The van der Waals surface area contributed by atoms with Crippen LogP contribution >= 0.6 is 27.0 Å². The lowest BCUT2D eigenvalue weighted by Crippen LogP contribution is -2.40. The van der Waals surface area contributed by atoms with Crippen LogP contribution in [0.3, 0.4) is 0 Å². The minimum atomic E-state index is -5.00. The number of anilines is 1. The van der Waals surface area contributed by atoms with E-state index in [9.17, 15) is 31.1 Å². The second-order valence-corrected chi connectivity index (χ2v) is 7.22. The van der Waals surface area contributed by atoms with Crippen molar-refractivity contribution in [3.63, 3.8) is 0 Å². The molecule has 2 N–H and O–H groups in total. The first kappa shape index (κ1) is 28.0. The summed E-state index contributed by atoms with van der Waals surface area (Å²) in [7, 11) is 0. The smallest absolute Gasteiger partial charge is 0.433 e. The number of amides is 1. The highest BCUT2D eigenvalue weighted by Gasteiger charge is 2.39. The quantitative estimate of drug-likeness (QED) is 0.549. The van der Waals surface area contributed by atoms with Crippen LogP contribution in [0.2, 0.25) is 0 Å². The monoisotopic (exact) mass is 503 g/mol. The van der Waals surface area contributed by atoms with Gasteiger partial charge in [0.05, 0.1) is 6.26 Å². The number of carbonyl (C=O) groups excluding carboxylic acids is 1. The van der Waals surface area contributed by atoms with Crippen molar-refractivity contribution in [2.75, 3.05) is 5.32 Å². The molecule has 13 heteroatoms. The van der Waals surface area contributed by atoms with Crippen LogP contribution in [-0.4, -0.2) is 23.0 Å². The molecule has 180 valence electrons. The molecular formula is C19H23F6N3O2S2. The predicted octanol–water partition coefficient (Wildman–Crippen LogP) is 5.40. The van der Waals surface area contributed by atoms with Crippen LogP contribution in [0.15, 0.2) is 28.9 Å². The number of furan rings is 1. The molecule has 32 heavy (non-hydrogen) atoms. The first-order valence-corrected chi connectivity index (χ1v) is 9.21. The highest BCUT2D eigenvalue weighted by molar-refractivity contribution is 7.59. The minimum absolute atomic E-state index is 0. The van der Waals surface area contributed by atoms with Gasteiger partial charge in [-0.3, -0.25) is 4.79 Å². The number of carbonyl (C=O) groups is 1. The molecule has 0 saturated heterocycles. The van der Waals surface area contributed by atoms with Gasteiger partial charge in [0.2, 0.25) is 0 Å². The Hall–Kier alpha value is -2.02. The molecule has 2 aromatic rings. The molecule has 1 fully saturated rings. The van der Waals surface area contributed by atoms with Gasteiger partial charge in [-0.25, -0.2) is 4.98 Å². The zero-order chi connectivity index (χ0) is 22.1. The summed E-state index contributed by atoms with van der Waals surface area (Å²) in [6, 6.07) is 2.32. The van der Waals surface area contributed by atoms with Crippen molar-refractivity contribution in [1.82, 2.24) is 10.3 Å². The van der Waals surface area contributed by atoms with E-state index in [1.54, 1.807) is 13.0 Å². The van der Waals surface area contributed by atoms with Crippen LogP contribution < -0.4 is 10.6 Å². The Kier molecular flexibility index (Phi) is 9.39. The van der Waals surface area contributed by atoms with Gasteiger partial charge in [-0.2, -0.15) is 53.3 Å². The number of aromatic nitrogens is 1. The topological polar surface area (TPSA) is 67.2 Å². The van der Waals surface area contributed by atoms with Gasteiger partial charge in [0, 0.05) is 23.3 Å². The van der Waals surface area contributed by atoms with E-state index >= 15 is 0 Å². The maximum Gasteiger partial charge on any atom is 0.433 e. The van der Waals surface area contributed by atoms with Gasteiger partial charge >= 0.3 is 12.4 Å². The molecule has 0 bridgehead atoms. The number of pyridine rings is 1. The summed E-state index contributed by atoms with van der Waals surface area (Å²) in [5.41, 5.74) is -2.80. The highest BCUT2D eigenvalue weighted by atomic mass is 32.1. The zero-order valence-corrected chi connectivity index (χ0v) is 18.8. The van der Waals surface area contributed by atoms with E-state index in [4.69, 9.17) is 4.42 Å². The summed E-state index contributed by atoms with van der Waals surface area (Å²) < 4.78 is 82.7. The fraction of sp³-hybridized carbons (Fsp3) is 0.474. The summed E-state index contributed by atoms with van der Waals surface area (Å²) in [5.74, 6) is -0.140. The molecule has 0 spiro atoms. The van der Waals surface area contributed by atoms with Crippen molar-refractivity contribution in [2.24, 2.45) is 0 Å². The van der Waals surface area contributed by atoms with Crippen LogP contribution in [-0.2, 0) is 12.4 Å². The lowest BCUT2D eigenvalue weighted by Gasteiger charge is -2.30. The number of alkyl halides is 6. The zero-order valence-electron chi connectivity index (χ0n) is 16.8. The number of hydrogen-bond donors (Lipinski definition) is 2. The van der Waals surface area contributed by atoms with Gasteiger partial charge in [-0.05, 0) is 50.8 Å². The highest BCUT2D eigenvalue weighted by Crippen LogP contribution is 2.35. The fourth-order valence-corrected chi connectivity index (χ4v) is 3.38. The Morgan fingerprint density at radius 1 is 0.969 bits per heavy atom. The standard InChI is InChI=1S/C19H19F6N3O2.2H2S/c1-10-6-7-30-16(10)17(29)27-12-4-2-11(3-5-12)26-13-8-14(18(20,21)22)28-15(9-13)19(23,24)25;;/h6-9,11-12H,2-5H2,1H3,(H,26,28)(H,27,29);2*1H2. The van der Waals surface area contributed by atoms with Crippen molar-refractivity contribution < 1.29 is 35.6 Å². The third-order valence-corrected chi connectivity index (χ3v) is 4.91. The Balaban J connectivity index is 0.00000256. The molecule has 0 aromatic carbocycles. The predicted molar refractivity (Wildman–Crippen MR) is 116 cm³/mol. The van der Waals surface area contributed by atoms with E-state index in [1.165, 1.54) is 6.26 Å². The van der Waals surface area contributed by atoms with E-state index in [0.717, 1.165) is 0 Å². The van der Waals surface area contributed by atoms with Crippen molar-refractivity contribution in [3.05, 3.63) is 47.2 Å². The van der Waals surface area contributed by atoms with Gasteiger partial charge in [0.15, 0.2) is 5.76 Å². The third kappa shape index (κ3) is 6.99. The largest absolute Gasteiger partial charge is 0.459 e. The lowest BCUT2D eigenvalue weighted by atomic mass is 9.91. The van der Waals surface area contributed by atoms with Gasteiger partial charge in [-0.1, -0.05) is 0 Å².